The fourth-order valence-electron chi connectivity index (χ4n) is 2.91. The summed E-state index contributed by atoms with van der Waals surface area (Å²) in [4.78, 5) is 4.26. The topological polar surface area (TPSA) is 54.9 Å². The first-order valence-electron chi connectivity index (χ1n) is 8.59. The summed E-state index contributed by atoms with van der Waals surface area (Å²) in [5, 5.41) is 6.75. The molecule has 0 bridgehead atoms. The van der Waals surface area contributed by atoms with Gasteiger partial charge in [-0.25, -0.2) is 0 Å². The Labute approximate surface area is 161 Å². The van der Waals surface area contributed by atoms with Crippen LogP contribution < -0.4 is 20.1 Å². The van der Waals surface area contributed by atoms with E-state index in [2.05, 4.69) is 27.8 Å². The average molecular weight is 445 g/mol. The van der Waals surface area contributed by atoms with Crippen molar-refractivity contribution >= 4 is 29.9 Å². The summed E-state index contributed by atoms with van der Waals surface area (Å²) >= 11 is 0. The summed E-state index contributed by atoms with van der Waals surface area (Å²) in [7, 11) is 3.50. The van der Waals surface area contributed by atoms with Gasteiger partial charge in [0.25, 0.3) is 0 Å². The Morgan fingerprint density at radius 2 is 1.92 bits per heavy atom. The smallest absolute Gasteiger partial charge is 0.191 e. The highest BCUT2D eigenvalue weighted by atomic mass is 127. The van der Waals surface area contributed by atoms with Gasteiger partial charge in [-0.3, -0.25) is 4.99 Å². The van der Waals surface area contributed by atoms with Crippen LogP contribution in [0.5, 0.6) is 11.5 Å². The molecule has 1 aromatic rings. The van der Waals surface area contributed by atoms with Gasteiger partial charge in [0.1, 0.15) is 0 Å². The lowest BCUT2D eigenvalue weighted by Gasteiger charge is -2.17. The van der Waals surface area contributed by atoms with Gasteiger partial charge in [0.15, 0.2) is 17.5 Å². The van der Waals surface area contributed by atoms with E-state index in [-0.39, 0.29) is 24.0 Å². The molecular weight excluding hydrogens is 417 g/mol. The fourth-order valence-corrected chi connectivity index (χ4v) is 2.91. The lowest BCUT2D eigenvalue weighted by molar-refractivity contribution is 0.200. The van der Waals surface area contributed by atoms with Gasteiger partial charge >= 0.3 is 0 Å². The third-order valence-corrected chi connectivity index (χ3v) is 4.43. The molecule has 5 nitrogen and oxygen atoms in total. The normalized spacial score (nSPS) is 18.0. The molecular formula is C18H28IN3O2. The van der Waals surface area contributed by atoms with Crippen molar-refractivity contribution in [2.45, 2.75) is 57.2 Å². The maximum absolute atomic E-state index is 6.15. The van der Waals surface area contributed by atoms with Gasteiger partial charge in [-0.1, -0.05) is 6.07 Å². The highest BCUT2D eigenvalue weighted by molar-refractivity contribution is 14.0. The van der Waals surface area contributed by atoms with Crippen molar-refractivity contribution in [1.82, 2.24) is 10.6 Å². The van der Waals surface area contributed by atoms with E-state index in [0.29, 0.717) is 12.1 Å². The zero-order chi connectivity index (χ0) is 16.1. The van der Waals surface area contributed by atoms with Crippen LogP contribution in [0.15, 0.2) is 23.2 Å². The van der Waals surface area contributed by atoms with Crippen molar-refractivity contribution in [2.75, 3.05) is 14.2 Å². The fraction of sp³-hybridized carbons (Fsp3) is 0.611. The molecule has 0 amide bonds. The zero-order valence-electron chi connectivity index (χ0n) is 14.5. The van der Waals surface area contributed by atoms with Crippen LogP contribution in [0.25, 0.3) is 0 Å². The highest BCUT2D eigenvalue weighted by Crippen LogP contribution is 2.32. The van der Waals surface area contributed by atoms with Crippen molar-refractivity contribution in [3.05, 3.63) is 23.8 Å². The first-order chi connectivity index (χ1) is 11.3. The number of halogens is 1. The molecule has 3 rings (SSSR count). The second kappa shape index (κ2) is 9.34. The Morgan fingerprint density at radius 1 is 1.17 bits per heavy atom. The Hall–Kier alpha value is -1.18. The largest absolute Gasteiger partial charge is 0.493 e. The predicted octanol–water partition coefficient (Wildman–Crippen LogP) is 3.46. The van der Waals surface area contributed by atoms with E-state index in [0.717, 1.165) is 42.4 Å². The molecule has 6 heteroatoms. The number of hydrogen-bond donors (Lipinski definition) is 2. The first kappa shape index (κ1) is 19.1. The second-order valence-electron chi connectivity index (χ2n) is 6.35. The monoisotopic (exact) mass is 445 g/mol. The van der Waals surface area contributed by atoms with Crippen molar-refractivity contribution in [3.63, 3.8) is 0 Å². The Kier molecular flexibility index (Phi) is 7.45. The first-order valence-corrected chi connectivity index (χ1v) is 8.59. The molecule has 2 aliphatic carbocycles. The minimum atomic E-state index is 0. The van der Waals surface area contributed by atoms with Crippen molar-refractivity contribution in [3.8, 4) is 11.5 Å². The molecule has 134 valence electrons. The number of hydrogen-bond acceptors (Lipinski definition) is 3. The third kappa shape index (κ3) is 5.43. The van der Waals surface area contributed by atoms with Crippen LogP contribution in [0.1, 0.15) is 44.1 Å². The number of rotatable bonds is 6. The van der Waals surface area contributed by atoms with E-state index in [1.165, 1.54) is 25.7 Å². The molecule has 0 saturated heterocycles. The van der Waals surface area contributed by atoms with E-state index in [1.807, 2.05) is 6.07 Å². The molecule has 0 radical (unpaired) electrons. The van der Waals surface area contributed by atoms with E-state index >= 15 is 0 Å². The Bertz CT molecular complexity index is 555. The molecule has 0 spiro atoms. The van der Waals surface area contributed by atoms with Gasteiger partial charge in [-0.15, -0.1) is 24.0 Å². The van der Waals surface area contributed by atoms with Gasteiger partial charge < -0.3 is 20.1 Å². The van der Waals surface area contributed by atoms with E-state index in [4.69, 9.17) is 9.47 Å². The maximum atomic E-state index is 6.15. The minimum Gasteiger partial charge on any atom is -0.493 e. The van der Waals surface area contributed by atoms with Crippen molar-refractivity contribution < 1.29 is 9.47 Å². The average Bonchev–Trinajstić information content (AvgIpc) is 3.25. The molecule has 1 aromatic carbocycles. The molecule has 0 aromatic heterocycles. The summed E-state index contributed by atoms with van der Waals surface area (Å²) in [5.74, 6) is 2.52. The summed E-state index contributed by atoms with van der Waals surface area (Å²) in [6, 6.07) is 6.73. The quantitative estimate of drug-likeness (QED) is 0.400. The van der Waals surface area contributed by atoms with Crippen LogP contribution in [-0.2, 0) is 6.54 Å². The molecule has 0 aliphatic heterocycles. The summed E-state index contributed by atoms with van der Waals surface area (Å²) in [6.45, 7) is 0.720. The van der Waals surface area contributed by atoms with Crippen LogP contribution >= 0.6 is 24.0 Å². The number of guanidine groups is 1. The maximum Gasteiger partial charge on any atom is 0.191 e. The molecule has 2 fully saturated rings. The molecule has 0 unspecified atom stereocenters. The predicted molar refractivity (Wildman–Crippen MR) is 108 cm³/mol. The van der Waals surface area contributed by atoms with E-state index in [1.54, 1.807) is 14.2 Å². The summed E-state index contributed by atoms with van der Waals surface area (Å²) in [5.41, 5.74) is 1.16. The van der Waals surface area contributed by atoms with Gasteiger partial charge in [0.05, 0.1) is 13.2 Å². The second-order valence-corrected chi connectivity index (χ2v) is 6.35. The molecule has 2 N–H and O–H groups in total. The number of nitrogens with zero attached hydrogens (tertiary/aromatic N) is 1. The molecule has 0 heterocycles. The lowest BCUT2D eigenvalue weighted by Crippen LogP contribution is -2.38. The van der Waals surface area contributed by atoms with E-state index in [9.17, 15) is 0 Å². The van der Waals surface area contributed by atoms with Gasteiger partial charge in [-0.05, 0) is 56.2 Å². The SMILES string of the molecule is CN=C(NCc1ccc(OC)c(OC2CCCC2)c1)NC1CC1.I. The van der Waals surface area contributed by atoms with E-state index < -0.39 is 0 Å². The standard InChI is InChI=1S/C18H27N3O2.HI/c1-19-18(21-14-8-9-14)20-12-13-7-10-16(22-2)17(11-13)23-15-5-3-4-6-15;/h7,10-11,14-15H,3-6,8-9,12H2,1-2H3,(H2,19,20,21);1H. The lowest BCUT2D eigenvalue weighted by atomic mass is 10.2. The number of ether oxygens (including phenoxy) is 2. The number of methoxy groups -OCH3 is 1. The van der Waals surface area contributed by atoms with Gasteiger partial charge in [0, 0.05) is 19.6 Å². The van der Waals surface area contributed by atoms with Crippen LogP contribution in [0.4, 0.5) is 0 Å². The highest BCUT2D eigenvalue weighted by Gasteiger charge is 2.22. The van der Waals surface area contributed by atoms with Crippen LogP contribution in [0.2, 0.25) is 0 Å². The number of benzene rings is 1. The van der Waals surface area contributed by atoms with Crippen LogP contribution in [-0.4, -0.2) is 32.3 Å². The van der Waals surface area contributed by atoms with Gasteiger partial charge in [-0.2, -0.15) is 0 Å². The summed E-state index contributed by atoms with van der Waals surface area (Å²) in [6.07, 6.45) is 7.61. The summed E-state index contributed by atoms with van der Waals surface area (Å²) < 4.78 is 11.6. The van der Waals surface area contributed by atoms with Crippen molar-refractivity contribution in [2.24, 2.45) is 4.99 Å². The van der Waals surface area contributed by atoms with Crippen LogP contribution in [0, 0.1) is 0 Å². The Morgan fingerprint density at radius 3 is 2.54 bits per heavy atom. The third-order valence-electron chi connectivity index (χ3n) is 4.43. The molecule has 24 heavy (non-hydrogen) atoms. The number of nitrogens with one attached hydrogen (secondary N) is 2. The zero-order valence-corrected chi connectivity index (χ0v) is 16.8. The molecule has 2 saturated carbocycles. The molecule has 2 aliphatic rings. The van der Waals surface area contributed by atoms with Gasteiger partial charge in [0.2, 0.25) is 0 Å². The minimum absolute atomic E-state index is 0. The van der Waals surface area contributed by atoms with Crippen LogP contribution in [0.3, 0.4) is 0 Å². The number of aliphatic imine (C=N–C) groups is 1. The Balaban J connectivity index is 0.00000208. The molecule has 0 atom stereocenters. The van der Waals surface area contributed by atoms with Crippen molar-refractivity contribution in [1.29, 1.82) is 0 Å².